The van der Waals surface area contributed by atoms with Crippen LogP contribution in [0.1, 0.15) is 41.4 Å². The molecule has 0 aromatic heterocycles. The third kappa shape index (κ3) is 5.98. The molecule has 0 aliphatic carbocycles. The van der Waals surface area contributed by atoms with Crippen LogP contribution in [0.25, 0.3) is 0 Å². The number of carbonyl (C=O) groups is 1. The Morgan fingerprint density at radius 1 is 1.22 bits per heavy atom. The van der Waals surface area contributed by atoms with E-state index < -0.39 is 0 Å². The third-order valence-electron chi connectivity index (χ3n) is 3.42. The molecule has 0 saturated carbocycles. The summed E-state index contributed by atoms with van der Waals surface area (Å²) >= 11 is 3.44. The van der Waals surface area contributed by atoms with Gasteiger partial charge >= 0.3 is 5.97 Å². The maximum atomic E-state index is 11.7. The molecule has 0 heterocycles. The van der Waals surface area contributed by atoms with Gasteiger partial charge < -0.3 is 10.1 Å². The second kappa shape index (κ2) is 9.71. The van der Waals surface area contributed by atoms with E-state index in [0.717, 1.165) is 10.0 Å². The van der Waals surface area contributed by atoms with E-state index in [1.807, 2.05) is 37.3 Å². The monoisotopic (exact) mass is 397 g/mol. The van der Waals surface area contributed by atoms with Crippen molar-refractivity contribution in [2.24, 2.45) is 0 Å². The zero-order valence-electron chi connectivity index (χ0n) is 13.2. The lowest BCUT2D eigenvalue weighted by atomic mass is 10.1. The molecule has 1 N–H and O–H groups in total. The molecular weight excluding hydrogens is 378 g/mol. The molecule has 124 valence electrons. The molecule has 0 aliphatic rings. The summed E-state index contributed by atoms with van der Waals surface area (Å²) in [6.45, 7) is 5.02. The highest BCUT2D eigenvalue weighted by atomic mass is 79.9. The number of rotatable bonds is 6. The lowest BCUT2D eigenvalue weighted by Gasteiger charge is -2.15. The highest BCUT2D eigenvalue weighted by Crippen LogP contribution is 2.17. The smallest absolute Gasteiger partial charge is 0.338 e. The fraction of sp³-hybridized carbons (Fsp3) is 0.278. The molecule has 0 unspecified atom stereocenters. The van der Waals surface area contributed by atoms with Gasteiger partial charge in [0.05, 0.1) is 12.2 Å². The molecule has 0 aliphatic heterocycles. The Kier molecular flexibility index (Phi) is 8.31. The second-order valence-electron chi connectivity index (χ2n) is 5.07. The number of carbonyl (C=O) groups excluding carboxylic acids is 1. The van der Waals surface area contributed by atoms with Gasteiger partial charge in [0.25, 0.3) is 0 Å². The van der Waals surface area contributed by atoms with Crippen LogP contribution in [0.2, 0.25) is 0 Å². The van der Waals surface area contributed by atoms with E-state index in [-0.39, 0.29) is 24.4 Å². The van der Waals surface area contributed by atoms with Crippen LogP contribution >= 0.6 is 28.3 Å². The van der Waals surface area contributed by atoms with Crippen molar-refractivity contribution in [3.63, 3.8) is 0 Å². The number of hydrogen-bond donors (Lipinski definition) is 1. The first-order chi connectivity index (χ1) is 10.6. The summed E-state index contributed by atoms with van der Waals surface area (Å²) in [6, 6.07) is 16.0. The summed E-state index contributed by atoms with van der Waals surface area (Å²) in [6.07, 6.45) is 0. The van der Waals surface area contributed by atoms with Crippen molar-refractivity contribution >= 4 is 34.3 Å². The predicted molar refractivity (Wildman–Crippen MR) is 99.0 cm³/mol. The standard InChI is InChI=1S/C18H20BrNO2.ClH/c1-3-22-18(21)16-6-4-5-14(11-16)12-20-13(2)15-7-9-17(19)10-8-15;/h4-11,13,20H,3,12H2,1-2H3;1H/t13-;/m0./s1. The van der Waals surface area contributed by atoms with E-state index >= 15 is 0 Å². The fourth-order valence-corrected chi connectivity index (χ4v) is 2.43. The molecule has 0 radical (unpaired) electrons. The third-order valence-corrected chi connectivity index (χ3v) is 3.95. The highest BCUT2D eigenvalue weighted by Gasteiger charge is 2.08. The first kappa shape index (κ1) is 19.7. The van der Waals surface area contributed by atoms with Gasteiger partial charge in [0.1, 0.15) is 0 Å². The number of halogens is 2. The summed E-state index contributed by atoms with van der Waals surface area (Å²) < 4.78 is 6.10. The SMILES string of the molecule is CCOC(=O)c1cccc(CN[C@@H](C)c2ccc(Br)cc2)c1.Cl. The first-order valence-corrected chi connectivity index (χ1v) is 8.14. The number of nitrogens with one attached hydrogen (secondary N) is 1. The van der Waals surface area contributed by atoms with E-state index in [1.54, 1.807) is 6.07 Å². The molecule has 2 aromatic rings. The topological polar surface area (TPSA) is 38.3 Å². The van der Waals surface area contributed by atoms with Crippen LogP contribution in [0.15, 0.2) is 53.0 Å². The zero-order valence-corrected chi connectivity index (χ0v) is 15.6. The number of benzene rings is 2. The predicted octanol–water partition coefficient (Wildman–Crippen LogP) is 4.90. The normalized spacial score (nSPS) is 11.4. The van der Waals surface area contributed by atoms with E-state index in [2.05, 4.69) is 40.3 Å². The fourth-order valence-electron chi connectivity index (χ4n) is 2.16. The maximum absolute atomic E-state index is 11.7. The first-order valence-electron chi connectivity index (χ1n) is 7.35. The summed E-state index contributed by atoms with van der Waals surface area (Å²) in [7, 11) is 0. The molecule has 0 fully saturated rings. The van der Waals surface area contributed by atoms with Crippen LogP contribution in [0.4, 0.5) is 0 Å². The van der Waals surface area contributed by atoms with Crippen molar-refractivity contribution in [2.45, 2.75) is 26.4 Å². The lowest BCUT2D eigenvalue weighted by molar-refractivity contribution is 0.0526. The molecule has 23 heavy (non-hydrogen) atoms. The molecule has 3 nitrogen and oxygen atoms in total. The summed E-state index contributed by atoms with van der Waals surface area (Å²) in [5.41, 5.74) is 2.89. The zero-order chi connectivity index (χ0) is 15.9. The van der Waals surface area contributed by atoms with Gasteiger partial charge in [0.15, 0.2) is 0 Å². The minimum absolute atomic E-state index is 0. The highest BCUT2D eigenvalue weighted by molar-refractivity contribution is 9.10. The van der Waals surface area contributed by atoms with E-state index in [0.29, 0.717) is 18.7 Å². The van der Waals surface area contributed by atoms with Gasteiger partial charge in [-0.2, -0.15) is 0 Å². The molecule has 0 saturated heterocycles. The van der Waals surface area contributed by atoms with Crippen LogP contribution in [-0.4, -0.2) is 12.6 Å². The second-order valence-corrected chi connectivity index (χ2v) is 5.99. The van der Waals surface area contributed by atoms with Gasteiger partial charge in [-0.15, -0.1) is 12.4 Å². The quantitative estimate of drug-likeness (QED) is 0.703. The average molecular weight is 399 g/mol. The molecule has 2 rings (SSSR count). The Hall–Kier alpha value is -1.36. The largest absolute Gasteiger partial charge is 0.462 e. The molecule has 0 spiro atoms. The van der Waals surface area contributed by atoms with Gasteiger partial charge in [-0.3, -0.25) is 0 Å². The van der Waals surface area contributed by atoms with Crippen LogP contribution in [0, 0.1) is 0 Å². The number of esters is 1. The van der Waals surface area contributed by atoms with Crippen molar-refractivity contribution in [3.05, 3.63) is 69.7 Å². The Bertz CT molecular complexity index is 631. The van der Waals surface area contributed by atoms with Crippen LogP contribution in [0.3, 0.4) is 0 Å². The van der Waals surface area contributed by atoms with Crippen LogP contribution in [0.5, 0.6) is 0 Å². The lowest BCUT2D eigenvalue weighted by Crippen LogP contribution is -2.18. The molecule has 0 bridgehead atoms. The Labute approximate surface area is 152 Å². The number of ether oxygens (including phenoxy) is 1. The molecule has 5 heteroatoms. The number of hydrogen-bond acceptors (Lipinski definition) is 3. The maximum Gasteiger partial charge on any atom is 0.338 e. The molecule has 0 amide bonds. The van der Waals surface area contributed by atoms with Crippen molar-refractivity contribution in [3.8, 4) is 0 Å². The summed E-state index contributed by atoms with van der Waals surface area (Å²) in [4.78, 5) is 11.7. The van der Waals surface area contributed by atoms with Gasteiger partial charge in [-0.25, -0.2) is 4.79 Å². The van der Waals surface area contributed by atoms with Crippen LogP contribution in [-0.2, 0) is 11.3 Å². The van der Waals surface area contributed by atoms with Crippen molar-refractivity contribution in [1.29, 1.82) is 0 Å². The Balaban J connectivity index is 0.00000264. The molecular formula is C18H21BrClNO2. The van der Waals surface area contributed by atoms with Crippen molar-refractivity contribution < 1.29 is 9.53 Å². The molecule has 2 aromatic carbocycles. The van der Waals surface area contributed by atoms with Crippen molar-refractivity contribution in [1.82, 2.24) is 5.32 Å². The Morgan fingerprint density at radius 3 is 2.57 bits per heavy atom. The van der Waals surface area contributed by atoms with Gasteiger partial charge in [-0.05, 0) is 49.2 Å². The Morgan fingerprint density at radius 2 is 1.91 bits per heavy atom. The summed E-state index contributed by atoms with van der Waals surface area (Å²) in [5.74, 6) is -0.273. The van der Waals surface area contributed by atoms with Gasteiger partial charge in [-0.1, -0.05) is 40.2 Å². The average Bonchev–Trinajstić information content (AvgIpc) is 2.54. The van der Waals surface area contributed by atoms with Crippen LogP contribution < -0.4 is 5.32 Å². The van der Waals surface area contributed by atoms with E-state index in [1.165, 1.54) is 5.56 Å². The minimum atomic E-state index is -0.273. The minimum Gasteiger partial charge on any atom is -0.462 e. The van der Waals surface area contributed by atoms with Crippen molar-refractivity contribution in [2.75, 3.05) is 6.61 Å². The van der Waals surface area contributed by atoms with Gasteiger partial charge in [0, 0.05) is 17.1 Å². The van der Waals surface area contributed by atoms with E-state index in [9.17, 15) is 4.79 Å². The summed E-state index contributed by atoms with van der Waals surface area (Å²) in [5, 5.41) is 3.47. The van der Waals surface area contributed by atoms with Gasteiger partial charge in [0.2, 0.25) is 0 Å². The molecule has 1 atom stereocenters. The van der Waals surface area contributed by atoms with E-state index in [4.69, 9.17) is 4.74 Å².